The van der Waals surface area contributed by atoms with Crippen molar-refractivity contribution in [3.8, 4) is 0 Å². The first kappa shape index (κ1) is 12.6. The van der Waals surface area contributed by atoms with Crippen LogP contribution in [0.15, 0.2) is 22.7 Å². The topological polar surface area (TPSA) is 41.1 Å². The van der Waals surface area contributed by atoms with Crippen LogP contribution in [-0.2, 0) is 0 Å². The zero-order chi connectivity index (χ0) is 12.3. The molecule has 1 amide bonds. The van der Waals surface area contributed by atoms with Crippen molar-refractivity contribution in [3.63, 3.8) is 0 Å². The van der Waals surface area contributed by atoms with Crippen molar-refractivity contribution in [1.82, 2.24) is 10.6 Å². The fourth-order valence-electron chi connectivity index (χ4n) is 1.96. The number of nitrogens with one attached hydrogen (secondary N) is 2. The van der Waals surface area contributed by atoms with E-state index in [1.54, 1.807) is 0 Å². The molecule has 0 radical (unpaired) electrons. The Morgan fingerprint density at radius 3 is 3.06 bits per heavy atom. The van der Waals surface area contributed by atoms with Crippen molar-refractivity contribution >= 4 is 21.8 Å². The van der Waals surface area contributed by atoms with Crippen molar-refractivity contribution in [2.75, 3.05) is 19.6 Å². The zero-order valence-electron chi connectivity index (χ0n) is 9.92. The molecule has 17 heavy (non-hydrogen) atoms. The van der Waals surface area contributed by atoms with Crippen molar-refractivity contribution in [3.05, 3.63) is 33.8 Å². The Bertz CT molecular complexity index is 414. The summed E-state index contributed by atoms with van der Waals surface area (Å²) in [6.07, 6.45) is 1.15. The number of carbonyl (C=O) groups is 1. The van der Waals surface area contributed by atoms with Gasteiger partial charge in [-0.3, -0.25) is 4.79 Å². The summed E-state index contributed by atoms with van der Waals surface area (Å²) in [6.45, 7) is 4.85. The van der Waals surface area contributed by atoms with Gasteiger partial charge in [0.25, 0.3) is 5.91 Å². The largest absolute Gasteiger partial charge is 0.352 e. The number of benzene rings is 1. The lowest BCUT2D eigenvalue weighted by Gasteiger charge is -2.10. The summed E-state index contributed by atoms with van der Waals surface area (Å²) in [4.78, 5) is 11.9. The molecule has 2 N–H and O–H groups in total. The molecular formula is C13H17BrN2O. The Hall–Kier alpha value is -0.870. The molecule has 1 atom stereocenters. The van der Waals surface area contributed by atoms with Crippen LogP contribution in [0.5, 0.6) is 0 Å². The first-order valence-corrected chi connectivity index (χ1v) is 6.71. The molecule has 0 bridgehead atoms. The van der Waals surface area contributed by atoms with Gasteiger partial charge >= 0.3 is 0 Å². The zero-order valence-corrected chi connectivity index (χ0v) is 11.5. The van der Waals surface area contributed by atoms with Crippen LogP contribution in [0.25, 0.3) is 0 Å². The molecule has 0 saturated carbocycles. The third-order valence-corrected chi connectivity index (χ3v) is 4.00. The molecular weight excluding hydrogens is 280 g/mol. The fraction of sp³-hybridized carbons (Fsp3) is 0.462. The maximum Gasteiger partial charge on any atom is 0.251 e. The first-order valence-electron chi connectivity index (χ1n) is 5.92. The number of hydrogen-bond donors (Lipinski definition) is 2. The van der Waals surface area contributed by atoms with E-state index >= 15 is 0 Å². The standard InChI is InChI=1S/C13H17BrN2O/c1-9-2-3-11(6-12(9)14)13(17)16-8-10-4-5-15-7-10/h2-3,6,10,15H,4-5,7-8H2,1H3,(H,16,17). The minimum absolute atomic E-state index is 0.0117. The van der Waals surface area contributed by atoms with Gasteiger partial charge in [0, 0.05) is 16.6 Å². The van der Waals surface area contributed by atoms with Gasteiger partial charge in [-0.1, -0.05) is 22.0 Å². The van der Waals surface area contributed by atoms with E-state index in [0.29, 0.717) is 11.5 Å². The molecule has 1 aliphatic heterocycles. The summed E-state index contributed by atoms with van der Waals surface area (Å²) in [6, 6.07) is 5.69. The molecule has 0 aliphatic carbocycles. The fourth-order valence-corrected chi connectivity index (χ4v) is 2.34. The number of carbonyl (C=O) groups excluding carboxylic acids is 1. The van der Waals surface area contributed by atoms with E-state index in [2.05, 4.69) is 26.6 Å². The molecule has 92 valence electrons. The molecule has 1 unspecified atom stereocenters. The highest BCUT2D eigenvalue weighted by Gasteiger charge is 2.15. The van der Waals surface area contributed by atoms with Gasteiger partial charge in [0.15, 0.2) is 0 Å². The molecule has 1 heterocycles. The molecule has 1 fully saturated rings. The van der Waals surface area contributed by atoms with Crippen molar-refractivity contribution < 1.29 is 4.79 Å². The summed E-state index contributed by atoms with van der Waals surface area (Å²) in [5.41, 5.74) is 1.86. The number of aryl methyl sites for hydroxylation is 1. The molecule has 4 heteroatoms. The highest BCUT2D eigenvalue weighted by atomic mass is 79.9. The van der Waals surface area contributed by atoms with Crippen LogP contribution in [0.2, 0.25) is 0 Å². The van der Waals surface area contributed by atoms with Crippen LogP contribution in [0.4, 0.5) is 0 Å². The van der Waals surface area contributed by atoms with E-state index < -0.39 is 0 Å². The number of halogens is 1. The van der Waals surface area contributed by atoms with Crippen LogP contribution in [0, 0.1) is 12.8 Å². The normalized spacial score (nSPS) is 19.3. The predicted molar refractivity (Wildman–Crippen MR) is 72.2 cm³/mol. The maximum absolute atomic E-state index is 11.9. The Balaban J connectivity index is 1.92. The third-order valence-electron chi connectivity index (χ3n) is 3.15. The molecule has 1 aliphatic rings. The lowest BCUT2D eigenvalue weighted by Crippen LogP contribution is -2.30. The van der Waals surface area contributed by atoms with Crippen LogP contribution < -0.4 is 10.6 Å². The Morgan fingerprint density at radius 1 is 1.59 bits per heavy atom. The highest BCUT2D eigenvalue weighted by Crippen LogP contribution is 2.17. The van der Waals surface area contributed by atoms with E-state index in [9.17, 15) is 4.79 Å². The van der Waals surface area contributed by atoms with E-state index in [0.717, 1.165) is 36.1 Å². The second kappa shape index (κ2) is 5.65. The van der Waals surface area contributed by atoms with Crippen LogP contribution >= 0.6 is 15.9 Å². The molecule has 0 spiro atoms. The lowest BCUT2D eigenvalue weighted by molar-refractivity contribution is 0.0948. The van der Waals surface area contributed by atoms with E-state index in [4.69, 9.17) is 0 Å². The van der Waals surface area contributed by atoms with Gasteiger partial charge in [0.05, 0.1) is 0 Å². The van der Waals surface area contributed by atoms with Crippen LogP contribution in [0.1, 0.15) is 22.3 Å². The molecule has 1 aromatic rings. The molecule has 1 saturated heterocycles. The monoisotopic (exact) mass is 296 g/mol. The average molecular weight is 297 g/mol. The summed E-state index contributed by atoms with van der Waals surface area (Å²) < 4.78 is 0.979. The number of rotatable bonds is 3. The smallest absolute Gasteiger partial charge is 0.251 e. The molecule has 1 aromatic carbocycles. The van der Waals surface area contributed by atoms with Crippen molar-refractivity contribution in [2.24, 2.45) is 5.92 Å². The second-order valence-electron chi connectivity index (χ2n) is 4.53. The Labute approximate surface area is 110 Å². The third kappa shape index (κ3) is 3.30. The summed E-state index contributed by atoms with van der Waals surface area (Å²) >= 11 is 3.44. The molecule has 2 rings (SSSR count). The average Bonchev–Trinajstić information content (AvgIpc) is 2.82. The van der Waals surface area contributed by atoms with Crippen molar-refractivity contribution in [2.45, 2.75) is 13.3 Å². The van der Waals surface area contributed by atoms with E-state index in [1.165, 1.54) is 0 Å². The lowest BCUT2D eigenvalue weighted by atomic mass is 10.1. The Kier molecular flexibility index (Phi) is 4.18. The van der Waals surface area contributed by atoms with Crippen LogP contribution in [-0.4, -0.2) is 25.5 Å². The molecule has 0 aromatic heterocycles. The minimum atomic E-state index is 0.0117. The van der Waals surface area contributed by atoms with Gasteiger partial charge in [0.1, 0.15) is 0 Å². The van der Waals surface area contributed by atoms with Gasteiger partial charge in [-0.05, 0) is 50.0 Å². The maximum atomic E-state index is 11.9. The van der Waals surface area contributed by atoms with Gasteiger partial charge in [0.2, 0.25) is 0 Å². The summed E-state index contributed by atoms with van der Waals surface area (Å²) in [7, 11) is 0. The van der Waals surface area contributed by atoms with Crippen LogP contribution in [0.3, 0.4) is 0 Å². The van der Waals surface area contributed by atoms with E-state index in [1.807, 2.05) is 25.1 Å². The summed E-state index contributed by atoms with van der Waals surface area (Å²) in [5, 5.41) is 6.28. The number of hydrogen-bond acceptors (Lipinski definition) is 2. The van der Waals surface area contributed by atoms with Gasteiger partial charge in [-0.25, -0.2) is 0 Å². The van der Waals surface area contributed by atoms with Gasteiger partial charge in [-0.2, -0.15) is 0 Å². The number of amides is 1. The highest BCUT2D eigenvalue weighted by molar-refractivity contribution is 9.10. The SMILES string of the molecule is Cc1ccc(C(=O)NCC2CCNC2)cc1Br. The summed E-state index contributed by atoms with van der Waals surface area (Å²) in [5.74, 6) is 0.588. The van der Waals surface area contributed by atoms with Gasteiger partial charge < -0.3 is 10.6 Å². The van der Waals surface area contributed by atoms with Crippen molar-refractivity contribution in [1.29, 1.82) is 0 Å². The second-order valence-corrected chi connectivity index (χ2v) is 5.39. The van der Waals surface area contributed by atoms with E-state index in [-0.39, 0.29) is 5.91 Å². The molecule has 3 nitrogen and oxygen atoms in total. The van der Waals surface area contributed by atoms with Gasteiger partial charge in [-0.15, -0.1) is 0 Å². The quantitative estimate of drug-likeness (QED) is 0.897. The Morgan fingerprint density at radius 2 is 2.41 bits per heavy atom. The minimum Gasteiger partial charge on any atom is -0.352 e. The predicted octanol–water partition coefficient (Wildman–Crippen LogP) is 2.10. The first-order chi connectivity index (χ1) is 8.16.